The predicted molar refractivity (Wildman–Crippen MR) is 48.4 cm³/mol. The monoisotopic (exact) mass is 184 g/mol. The Balaban J connectivity index is 1.99. The summed E-state index contributed by atoms with van der Waals surface area (Å²) < 4.78 is 16.7. The van der Waals surface area contributed by atoms with E-state index in [1.54, 1.807) is 0 Å². The maximum atomic E-state index is 5.70. The molecule has 0 N–H and O–H groups in total. The van der Waals surface area contributed by atoms with Crippen LogP contribution in [0, 0.1) is 0 Å². The van der Waals surface area contributed by atoms with Crippen LogP contribution in [0.25, 0.3) is 0 Å². The molecular weight excluding hydrogens is 168 g/mol. The second kappa shape index (κ2) is 3.08. The van der Waals surface area contributed by atoms with Crippen LogP contribution in [0.4, 0.5) is 0 Å². The van der Waals surface area contributed by atoms with E-state index in [0.29, 0.717) is 6.61 Å². The minimum atomic E-state index is -0.461. The van der Waals surface area contributed by atoms with Gasteiger partial charge in [0.15, 0.2) is 5.79 Å². The zero-order valence-electron chi connectivity index (χ0n) is 8.21. The molecule has 2 aliphatic rings. The summed E-state index contributed by atoms with van der Waals surface area (Å²) in [5, 5.41) is 0. The summed E-state index contributed by atoms with van der Waals surface area (Å²) in [6, 6.07) is 0. The van der Waals surface area contributed by atoms with Crippen LogP contribution in [0.3, 0.4) is 0 Å². The van der Waals surface area contributed by atoms with E-state index in [1.807, 2.05) is 13.8 Å². The first-order valence-corrected chi connectivity index (χ1v) is 4.69. The largest absolute Gasteiger partial charge is 0.371 e. The normalized spacial score (nSPS) is 38.5. The minimum absolute atomic E-state index is 0.0324. The lowest BCUT2D eigenvalue weighted by atomic mass is 10.1. The Kier molecular flexibility index (Phi) is 2.18. The predicted octanol–water partition coefficient (Wildman–Crippen LogP) is 1.48. The Morgan fingerprint density at radius 3 is 2.69 bits per heavy atom. The van der Waals surface area contributed by atoms with Crippen molar-refractivity contribution in [1.29, 1.82) is 0 Å². The summed E-state index contributed by atoms with van der Waals surface area (Å²) in [5.41, 5.74) is 1.13. The number of hydrogen-bond donors (Lipinski definition) is 0. The van der Waals surface area contributed by atoms with Gasteiger partial charge in [-0.1, -0.05) is 6.58 Å². The van der Waals surface area contributed by atoms with Crippen molar-refractivity contribution >= 4 is 0 Å². The summed E-state index contributed by atoms with van der Waals surface area (Å²) in [4.78, 5) is 0. The van der Waals surface area contributed by atoms with Crippen molar-refractivity contribution in [3.8, 4) is 0 Å². The lowest BCUT2D eigenvalue weighted by Gasteiger charge is -2.20. The standard InChI is InChI=1S/C10H16O3/c1-7-4-5-11-9(7)8-6-12-10(2,3)13-8/h8-9H,1,4-6H2,2-3H3/t8?,9-/m1/s1. The van der Waals surface area contributed by atoms with E-state index in [1.165, 1.54) is 0 Å². The Labute approximate surface area is 78.7 Å². The first-order chi connectivity index (χ1) is 6.08. The summed E-state index contributed by atoms with van der Waals surface area (Å²) in [5.74, 6) is -0.461. The maximum absolute atomic E-state index is 5.70. The van der Waals surface area contributed by atoms with Gasteiger partial charge in [-0.3, -0.25) is 0 Å². The molecule has 2 atom stereocenters. The molecule has 13 heavy (non-hydrogen) atoms. The molecule has 0 aliphatic carbocycles. The number of hydrogen-bond acceptors (Lipinski definition) is 3. The Hall–Kier alpha value is -0.380. The van der Waals surface area contributed by atoms with E-state index >= 15 is 0 Å². The summed E-state index contributed by atoms with van der Waals surface area (Å²) >= 11 is 0. The first kappa shape index (κ1) is 9.19. The van der Waals surface area contributed by atoms with Gasteiger partial charge >= 0.3 is 0 Å². The highest BCUT2D eigenvalue weighted by Gasteiger charge is 2.40. The minimum Gasteiger partial charge on any atom is -0.371 e. The van der Waals surface area contributed by atoms with Gasteiger partial charge in [0, 0.05) is 0 Å². The molecule has 0 aromatic rings. The molecule has 1 unspecified atom stereocenters. The highest BCUT2D eigenvalue weighted by Crippen LogP contribution is 2.31. The number of ether oxygens (including phenoxy) is 3. The van der Waals surface area contributed by atoms with Gasteiger partial charge in [0.05, 0.1) is 13.2 Å². The second-order valence-electron chi connectivity index (χ2n) is 4.07. The lowest BCUT2D eigenvalue weighted by Crippen LogP contribution is -2.31. The smallest absolute Gasteiger partial charge is 0.163 e. The van der Waals surface area contributed by atoms with Crippen LogP contribution in [-0.4, -0.2) is 31.2 Å². The molecule has 2 saturated heterocycles. The molecule has 2 aliphatic heterocycles. The Bertz CT molecular complexity index is 222. The van der Waals surface area contributed by atoms with Crippen LogP contribution in [0.5, 0.6) is 0 Å². The van der Waals surface area contributed by atoms with Crippen molar-refractivity contribution in [2.24, 2.45) is 0 Å². The van der Waals surface area contributed by atoms with Gasteiger partial charge < -0.3 is 14.2 Å². The van der Waals surface area contributed by atoms with Gasteiger partial charge in [-0.05, 0) is 25.8 Å². The van der Waals surface area contributed by atoms with E-state index in [-0.39, 0.29) is 12.2 Å². The van der Waals surface area contributed by atoms with Gasteiger partial charge in [0.25, 0.3) is 0 Å². The molecule has 0 saturated carbocycles. The molecule has 0 aromatic carbocycles. The molecule has 2 rings (SSSR count). The zero-order valence-corrected chi connectivity index (χ0v) is 8.21. The maximum Gasteiger partial charge on any atom is 0.163 e. The fourth-order valence-electron chi connectivity index (χ4n) is 1.81. The molecule has 0 spiro atoms. The van der Waals surface area contributed by atoms with E-state index in [0.717, 1.165) is 18.6 Å². The van der Waals surface area contributed by atoms with E-state index in [2.05, 4.69) is 6.58 Å². The zero-order chi connectivity index (χ0) is 9.47. The summed E-state index contributed by atoms with van der Waals surface area (Å²) in [7, 11) is 0. The third-order valence-electron chi connectivity index (χ3n) is 2.49. The third-order valence-corrected chi connectivity index (χ3v) is 2.49. The van der Waals surface area contributed by atoms with Crippen LogP contribution in [0.1, 0.15) is 20.3 Å². The quantitative estimate of drug-likeness (QED) is 0.578. The summed E-state index contributed by atoms with van der Waals surface area (Å²) in [6.45, 7) is 9.19. The summed E-state index contributed by atoms with van der Waals surface area (Å²) in [6.07, 6.45) is 1.03. The molecule has 2 fully saturated rings. The van der Waals surface area contributed by atoms with E-state index < -0.39 is 5.79 Å². The van der Waals surface area contributed by atoms with Crippen molar-refractivity contribution in [1.82, 2.24) is 0 Å². The van der Waals surface area contributed by atoms with Crippen molar-refractivity contribution in [2.45, 2.75) is 38.3 Å². The third kappa shape index (κ3) is 1.77. The molecule has 0 radical (unpaired) electrons. The second-order valence-corrected chi connectivity index (χ2v) is 4.07. The van der Waals surface area contributed by atoms with Crippen LogP contribution in [0.15, 0.2) is 12.2 Å². The average molecular weight is 184 g/mol. The van der Waals surface area contributed by atoms with Crippen LogP contribution in [-0.2, 0) is 14.2 Å². The molecule has 0 amide bonds. The molecule has 74 valence electrons. The van der Waals surface area contributed by atoms with Gasteiger partial charge in [0.2, 0.25) is 0 Å². The molecule has 3 nitrogen and oxygen atoms in total. The molecule has 3 heteroatoms. The van der Waals surface area contributed by atoms with Crippen molar-refractivity contribution in [2.75, 3.05) is 13.2 Å². The topological polar surface area (TPSA) is 27.7 Å². The van der Waals surface area contributed by atoms with Crippen molar-refractivity contribution in [3.63, 3.8) is 0 Å². The van der Waals surface area contributed by atoms with Gasteiger partial charge in [0.1, 0.15) is 12.2 Å². The van der Waals surface area contributed by atoms with Crippen LogP contribution in [0.2, 0.25) is 0 Å². The molecule has 0 bridgehead atoms. The fourth-order valence-corrected chi connectivity index (χ4v) is 1.81. The SMILES string of the molecule is C=C1CCO[C@H]1C1COC(C)(C)O1. The average Bonchev–Trinajstić information content (AvgIpc) is 2.56. The van der Waals surface area contributed by atoms with Crippen LogP contribution < -0.4 is 0 Å². The highest BCUT2D eigenvalue weighted by atomic mass is 16.7. The molecule has 0 aromatic heterocycles. The van der Waals surface area contributed by atoms with Gasteiger partial charge in [-0.25, -0.2) is 0 Å². The number of rotatable bonds is 1. The van der Waals surface area contributed by atoms with Crippen LogP contribution >= 0.6 is 0 Å². The first-order valence-electron chi connectivity index (χ1n) is 4.69. The molecule has 2 heterocycles. The molecular formula is C10H16O3. The highest BCUT2D eigenvalue weighted by molar-refractivity contribution is 5.10. The van der Waals surface area contributed by atoms with Crippen molar-refractivity contribution < 1.29 is 14.2 Å². The fraction of sp³-hybridized carbons (Fsp3) is 0.800. The Morgan fingerprint density at radius 1 is 1.46 bits per heavy atom. The van der Waals surface area contributed by atoms with Gasteiger partial charge in [-0.2, -0.15) is 0 Å². The van der Waals surface area contributed by atoms with E-state index in [9.17, 15) is 0 Å². The Morgan fingerprint density at radius 2 is 2.23 bits per heavy atom. The van der Waals surface area contributed by atoms with E-state index in [4.69, 9.17) is 14.2 Å². The lowest BCUT2D eigenvalue weighted by molar-refractivity contribution is -0.149. The van der Waals surface area contributed by atoms with Gasteiger partial charge in [-0.15, -0.1) is 0 Å². The van der Waals surface area contributed by atoms with Crippen molar-refractivity contribution in [3.05, 3.63) is 12.2 Å².